The Hall–Kier alpha value is -0.0800. The molecule has 0 amide bonds. The molecule has 118 valence electrons. The second-order valence-electron chi connectivity index (χ2n) is 7.08. The van der Waals surface area contributed by atoms with E-state index in [0.29, 0.717) is 6.04 Å². The van der Waals surface area contributed by atoms with Crippen LogP contribution in [0.15, 0.2) is 0 Å². The number of nitrogens with zero attached hydrogens (tertiary/aromatic N) is 1. The first-order valence-electron chi connectivity index (χ1n) is 9.32. The maximum Gasteiger partial charge on any atom is 0.0221 e. The maximum absolute atomic E-state index is 6.12. The van der Waals surface area contributed by atoms with Gasteiger partial charge in [-0.25, -0.2) is 0 Å². The summed E-state index contributed by atoms with van der Waals surface area (Å²) < 4.78 is 0. The summed E-state index contributed by atoms with van der Waals surface area (Å²) in [4.78, 5) is 2.83. The number of likely N-dealkylation sites (tertiary alicyclic amines) is 1. The summed E-state index contributed by atoms with van der Waals surface area (Å²) in [5.41, 5.74) is 6.12. The van der Waals surface area contributed by atoms with Crippen molar-refractivity contribution in [3.05, 3.63) is 0 Å². The third-order valence-electron chi connectivity index (χ3n) is 5.67. The lowest BCUT2D eigenvalue weighted by Gasteiger charge is -2.47. The molecule has 20 heavy (non-hydrogen) atoms. The first-order chi connectivity index (χ1) is 9.86. The van der Waals surface area contributed by atoms with Crippen molar-refractivity contribution in [1.29, 1.82) is 0 Å². The van der Waals surface area contributed by atoms with Crippen LogP contribution in [0.25, 0.3) is 0 Å². The quantitative estimate of drug-likeness (QED) is 0.671. The minimum Gasteiger partial charge on any atom is -0.329 e. The van der Waals surface area contributed by atoms with Gasteiger partial charge in [-0.15, -0.1) is 0 Å². The molecule has 1 aliphatic carbocycles. The van der Waals surface area contributed by atoms with Crippen LogP contribution in [-0.4, -0.2) is 30.1 Å². The normalized spacial score (nSPS) is 29.1. The monoisotopic (exact) mass is 280 g/mol. The van der Waals surface area contributed by atoms with E-state index in [9.17, 15) is 0 Å². The topological polar surface area (TPSA) is 29.3 Å². The molecular weight excluding hydrogens is 244 g/mol. The Morgan fingerprint density at radius 1 is 1.00 bits per heavy atom. The van der Waals surface area contributed by atoms with Gasteiger partial charge in [0.05, 0.1) is 0 Å². The Bertz CT molecular complexity index is 252. The average molecular weight is 280 g/mol. The third-order valence-corrected chi connectivity index (χ3v) is 5.67. The summed E-state index contributed by atoms with van der Waals surface area (Å²) in [6, 6.07) is 1.55. The van der Waals surface area contributed by atoms with Crippen LogP contribution in [0.1, 0.15) is 84.0 Å². The van der Waals surface area contributed by atoms with Crippen LogP contribution in [0.5, 0.6) is 0 Å². The van der Waals surface area contributed by atoms with Crippen molar-refractivity contribution in [1.82, 2.24) is 4.90 Å². The molecule has 0 radical (unpaired) electrons. The van der Waals surface area contributed by atoms with E-state index in [2.05, 4.69) is 11.8 Å². The molecule has 1 aliphatic heterocycles. The van der Waals surface area contributed by atoms with Crippen LogP contribution in [0, 0.1) is 5.92 Å². The predicted octanol–water partition coefficient (Wildman–Crippen LogP) is 4.33. The smallest absolute Gasteiger partial charge is 0.0221 e. The molecule has 2 N–H and O–H groups in total. The van der Waals surface area contributed by atoms with Crippen molar-refractivity contribution in [3.63, 3.8) is 0 Å². The van der Waals surface area contributed by atoms with Crippen LogP contribution in [-0.2, 0) is 0 Å². The molecule has 0 aromatic heterocycles. The van der Waals surface area contributed by atoms with Crippen molar-refractivity contribution in [2.75, 3.05) is 13.1 Å². The van der Waals surface area contributed by atoms with E-state index in [1.807, 2.05) is 0 Å². The van der Waals surface area contributed by atoms with Crippen LogP contribution >= 0.6 is 0 Å². The number of hydrogen-bond donors (Lipinski definition) is 1. The molecule has 3 atom stereocenters. The van der Waals surface area contributed by atoms with Crippen LogP contribution in [0.4, 0.5) is 0 Å². The van der Waals surface area contributed by atoms with Gasteiger partial charge in [0, 0.05) is 18.6 Å². The maximum atomic E-state index is 6.12. The highest BCUT2D eigenvalue weighted by atomic mass is 15.2. The van der Waals surface area contributed by atoms with Gasteiger partial charge in [-0.1, -0.05) is 51.9 Å². The van der Waals surface area contributed by atoms with Gasteiger partial charge in [0.1, 0.15) is 0 Å². The van der Waals surface area contributed by atoms with Crippen molar-refractivity contribution in [2.45, 2.75) is 96.1 Å². The van der Waals surface area contributed by atoms with Crippen LogP contribution in [0.3, 0.4) is 0 Å². The van der Waals surface area contributed by atoms with Gasteiger partial charge in [-0.2, -0.15) is 0 Å². The number of piperidine rings is 1. The Balaban J connectivity index is 1.79. The van der Waals surface area contributed by atoms with Crippen LogP contribution < -0.4 is 5.73 Å². The van der Waals surface area contributed by atoms with Crippen molar-refractivity contribution in [3.8, 4) is 0 Å². The fraction of sp³-hybridized carbons (Fsp3) is 1.00. The van der Waals surface area contributed by atoms with Gasteiger partial charge < -0.3 is 5.73 Å². The van der Waals surface area contributed by atoms with Gasteiger partial charge in [0.2, 0.25) is 0 Å². The molecule has 2 fully saturated rings. The molecule has 2 aliphatic rings. The standard InChI is InChI=1S/C18H36N2/c1-2-3-4-5-6-12-17(15-19)20-14-9-11-16-10-7-8-13-18(16)20/h16-18H,2-15,19H2,1H3/t16-,17?,18-/m1/s1. The number of hydrogen-bond acceptors (Lipinski definition) is 2. The SMILES string of the molecule is CCCCCCCC(CN)N1CCC[C@H]2CCCC[C@H]21. The summed E-state index contributed by atoms with van der Waals surface area (Å²) in [7, 11) is 0. The molecule has 1 heterocycles. The summed E-state index contributed by atoms with van der Waals surface area (Å²) in [5, 5.41) is 0. The Morgan fingerprint density at radius 3 is 2.55 bits per heavy atom. The lowest BCUT2D eigenvalue weighted by Crippen LogP contribution is -2.53. The minimum atomic E-state index is 0.669. The van der Waals surface area contributed by atoms with E-state index in [1.54, 1.807) is 0 Å². The zero-order valence-electron chi connectivity index (χ0n) is 13.7. The molecule has 0 aromatic rings. The van der Waals surface area contributed by atoms with E-state index in [0.717, 1.165) is 18.5 Å². The fourth-order valence-electron chi connectivity index (χ4n) is 4.52. The van der Waals surface area contributed by atoms with Crippen molar-refractivity contribution >= 4 is 0 Å². The highest BCUT2D eigenvalue weighted by molar-refractivity contribution is 4.90. The van der Waals surface area contributed by atoms with Gasteiger partial charge >= 0.3 is 0 Å². The zero-order valence-corrected chi connectivity index (χ0v) is 13.7. The number of rotatable bonds is 8. The second-order valence-corrected chi connectivity index (χ2v) is 7.08. The third kappa shape index (κ3) is 4.46. The number of fused-ring (bicyclic) bond motifs is 1. The summed E-state index contributed by atoms with van der Waals surface area (Å²) in [6.45, 7) is 4.48. The molecule has 1 unspecified atom stereocenters. The van der Waals surface area contributed by atoms with Crippen molar-refractivity contribution < 1.29 is 0 Å². The second kappa shape index (κ2) is 9.04. The summed E-state index contributed by atoms with van der Waals surface area (Å²) in [5.74, 6) is 0.992. The Labute approximate surface area is 126 Å². The van der Waals surface area contributed by atoms with Gasteiger partial charge in [-0.3, -0.25) is 4.90 Å². The van der Waals surface area contributed by atoms with Gasteiger partial charge in [-0.05, 0) is 44.6 Å². The molecule has 1 saturated heterocycles. The lowest BCUT2D eigenvalue weighted by molar-refractivity contribution is 0.0247. The number of nitrogens with two attached hydrogens (primary N) is 1. The van der Waals surface area contributed by atoms with E-state index in [-0.39, 0.29) is 0 Å². The van der Waals surface area contributed by atoms with Crippen molar-refractivity contribution in [2.24, 2.45) is 11.7 Å². The van der Waals surface area contributed by atoms with E-state index in [4.69, 9.17) is 5.73 Å². The first kappa shape index (κ1) is 16.3. The summed E-state index contributed by atoms with van der Waals surface area (Å²) >= 11 is 0. The lowest BCUT2D eigenvalue weighted by atomic mass is 9.77. The first-order valence-corrected chi connectivity index (χ1v) is 9.32. The largest absolute Gasteiger partial charge is 0.329 e. The molecule has 2 heteroatoms. The Kier molecular flexibility index (Phi) is 7.37. The molecular formula is C18H36N2. The Morgan fingerprint density at radius 2 is 1.75 bits per heavy atom. The molecule has 1 saturated carbocycles. The summed E-state index contributed by atoms with van der Waals surface area (Å²) in [6.07, 6.45) is 17.0. The number of unbranched alkanes of at least 4 members (excludes halogenated alkanes) is 4. The highest BCUT2D eigenvalue weighted by Crippen LogP contribution is 2.36. The molecule has 0 spiro atoms. The zero-order chi connectivity index (χ0) is 14.2. The predicted molar refractivity (Wildman–Crippen MR) is 87.9 cm³/mol. The fourth-order valence-corrected chi connectivity index (χ4v) is 4.52. The van der Waals surface area contributed by atoms with Gasteiger partial charge in [0.15, 0.2) is 0 Å². The molecule has 0 aromatic carbocycles. The molecule has 0 bridgehead atoms. The molecule has 2 rings (SSSR count). The van der Waals surface area contributed by atoms with Crippen LogP contribution in [0.2, 0.25) is 0 Å². The average Bonchev–Trinajstić information content (AvgIpc) is 2.51. The van der Waals surface area contributed by atoms with E-state index in [1.165, 1.54) is 83.6 Å². The highest BCUT2D eigenvalue weighted by Gasteiger charge is 2.35. The minimum absolute atomic E-state index is 0.669. The molecule has 2 nitrogen and oxygen atoms in total. The van der Waals surface area contributed by atoms with Gasteiger partial charge in [0.25, 0.3) is 0 Å². The van der Waals surface area contributed by atoms with E-state index >= 15 is 0 Å². The van der Waals surface area contributed by atoms with E-state index < -0.39 is 0 Å².